The molecule has 14 nitrogen and oxygen atoms in total. The van der Waals surface area contributed by atoms with E-state index in [1.807, 2.05) is 6.08 Å². The van der Waals surface area contributed by atoms with Crippen LogP contribution in [0.4, 0.5) is 0 Å². The van der Waals surface area contributed by atoms with Crippen molar-refractivity contribution in [3.8, 4) is 0 Å². The molecular weight excluding hydrogens is 1100 g/mol. The number of unbranched alkanes of at least 4 members (excludes halogenated alkanes) is 20. The van der Waals surface area contributed by atoms with Crippen LogP contribution in [-0.4, -0.2) is 140 Å². The summed E-state index contributed by atoms with van der Waals surface area (Å²) < 4.78 is 22.8. The summed E-state index contributed by atoms with van der Waals surface area (Å²) in [6.45, 7) is 2.64. The molecule has 0 spiro atoms. The van der Waals surface area contributed by atoms with E-state index in [0.29, 0.717) is 12.8 Å². The first-order chi connectivity index (χ1) is 42.6. The summed E-state index contributed by atoms with van der Waals surface area (Å²) in [6, 6.07) is -0.964. The molecule has 496 valence electrons. The molecule has 2 aliphatic heterocycles. The van der Waals surface area contributed by atoms with Gasteiger partial charge in [0, 0.05) is 6.42 Å². The molecule has 2 saturated heterocycles. The van der Waals surface area contributed by atoms with Crippen LogP contribution in [0.15, 0.2) is 134 Å². The lowest BCUT2D eigenvalue weighted by Gasteiger charge is -2.46. The fourth-order valence-electron chi connectivity index (χ4n) is 10.2. The Labute approximate surface area is 526 Å². The molecule has 0 aromatic rings. The Kier molecular flexibility index (Phi) is 51.1. The van der Waals surface area contributed by atoms with Gasteiger partial charge >= 0.3 is 0 Å². The smallest absolute Gasteiger partial charge is 0.220 e. The van der Waals surface area contributed by atoms with Gasteiger partial charge in [0.2, 0.25) is 5.91 Å². The van der Waals surface area contributed by atoms with Gasteiger partial charge in [-0.25, -0.2) is 0 Å². The second-order valence-electron chi connectivity index (χ2n) is 23.2. The molecule has 2 fully saturated rings. The number of hydrogen-bond acceptors (Lipinski definition) is 13. The highest BCUT2D eigenvalue weighted by Crippen LogP contribution is 2.30. The van der Waals surface area contributed by atoms with Crippen LogP contribution in [0, 0.1) is 0 Å². The van der Waals surface area contributed by atoms with Gasteiger partial charge in [-0.05, 0) is 109 Å². The minimum absolute atomic E-state index is 0.231. The van der Waals surface area contributed by atoms with Crippen LogP contribution >= 0.6 is 0 Å². The topological polar surface area (TPSA) is 228 Å². The van der Waals surface area contributed by atoms with Crippen LogP contribution in [0.25, 0.3) is 0 Å². The van der Waals surface area contributed by atoms with Crippen molar-refractivity contribution in [3.05, 3.63) is 134 Å². The Morgan fingerprint density at radius 3 is 1.26 bits per heavy atom. The lowest BCUT2D eigenvalue weighted by Crippen LogP contribution is -2.65. The maximum atomic E-state index is 13.3. The van der Waals surface area contributed by atoms with Gasteiger partial charge in [-0.15, -0.1) is 0 Å². The number of aliphatic hydroxyl groups is 8. The summed E-state index contributed by atoms with van der Waals surface area (Å²) in [6.07, 6.45) is 66.3. The first-order valence-electron chi connectivity index (χ1n) is 33.9. The first-order valence-corrected chi connectivity index (χ1v) is 33.9. The predicted octanol–water partition coefficient (Wildman–Crippen LogP) is 13.5. The van der Waals surface area contributed by atoms with Crippen molar-refractivity contribution in [2.75, 3.05) is 19.8 Å². The average molecular weight is 1220 g/mol. The average Bonchev–Trinajstić information content (AvgIpc) is 1.55. The first kappa shape index (κ1) is 79.2. The monoisotopic (exact) mass is 1220 g/mol. The molecule has 14 heteroatoms. The van der Waals surface area contributed by atoms with Crippen LogP contribution in [0.1, 0.15) is 226 Å². The minimum Gasteiger partial charge on any atom is -0.394 e. The molecule has 0 radical (unpaired) electrons. The normalized spacial score (nSPS) is 24.2. The largest absolute Gasteiger partial charge is 0.394 e. The number of allylic oxidation sites excluding steroid dienone is 21. The van der Waals surface area contributed by atoms with Crippen molar-refractivity contribution in [3.63, 3.8) is 0 Å². The summed E-state index contributed by atoms with van der Waals surface area (Å²) in [4.78, 5) is 13.3. The molecule has 2 heterocycles. The number of carbonyl (C=O) groups excluding carboxylic acids is 1. The van der Waals surface area contributed by atoms with Crippen LogP contribution in [0.3, 0.4) is 0 Å². The molecule has 0 aromatic heterocycles. The Morgan fingerprint density at radius 1 is 0.425 bits per heavy atom. The number of amides is 1. The van der Waals surface area contributed by atoms with Gasteiger partial charge in [0.1, 0.15) is 48.8 Å². The molecule has 2 aliphatic rings. The van der Waals surface area contributed by atoms with Crippen molar-refractivity contribution >= 4 is 5.91 Å². The number of ether oxygens (including phenoxy) is 4. The SMILES string of the molecule is CC/C=C\C/C=C\C/C=C\C/C=C\C/C=C\C/C=C\C/C=C\C/C=C\CCCCCCC(=O)NC(COC1OC(CO)C(OC2OC(CO)C(O)C(O)C2O)C(O)C1O)C(O)/C=C/CC/C=C/CC/C=C/CCCCCCCCCCCCCCCC. The van der Waals surface area contributed by atoms with Crippen molar-refractivity contribution in [2.45, 2.75) is 299 Å². The third kappa shape index (κ3) is 40.5. The van der Waals surface area contributed by atoms with Crippen LogP contribution in [0.2, 0.25) is 0 Å². The van der Waals surface area contributed by atoms with E-state index in [2.05, 4.69) is 141 Å². The zero-order chi connectivity index (χ0) is 63.1. The third-order valence-electron chi connectivity index (χ3n) is 15.5. The summed E-state index contributed by atoms with van der Waals surface area (Å²) in [7, 11) is 0. The summed E-state index contributed by atoms with van der Waals surface area (Å²) in [5.74, 6) is -0.283. The van der Waals surface area contributed by atoms with E-state index in [-0.39, 0.29) is 18.9 Å². The van der Waals surface area contributed by atoms with E-state index in [0.717, 1.165) is 103 Å². The standard InChI is InChI=1S/C73H121NO13/c1-3-5-7-9-11-13-15-17-19-21-23-25-27-29-30-31-32-33-35-37-39-41-43-45-47-49-51-53-55-57-65(78)74-61(60-84-72-70(83)68(81)71(64(59-76)86-72)87-73-69(82)67(80)66(79)63(58-75)85-73)62(77)56-54-52-50-48-46-44-42-40-38-36-34-28-26-24-22-20-18-16-14-12-10-8-6-4-2/h5,7,11,13,17,19,23,25,29-30,32-33,37-40,43,45-46,48,54,56,61-64,66-73,75-77,79-83H,3-4,6,8-10,12,14-16,18,20-22,24,26-28,31,34-36,41-42,44,47,49-53,55,57-60H2,1-2H3,(H,74,78)/b7-5-,13-11-,19-17-,25-23-,30-29-,33-32-,39-37-,40-38+,45-43-,48-46+,56-54+. The Bertz CT molecular complexity index is 1970. The Balaban J connectivity index is 1.76. The van der Waals surface area contributed by atoms with Gasteiger partial charge in [-0.1, -0.05) is 244 Å². The third-order valence-corrected chi connectivity index (χ3v) is 15.5. The Hall–Kier alpha value is -3.87. The molecule has 87 heavy (non-hydrogen) atoms. The van der Waals surface area contributed by atoms with Crippen LogP contribution < -0.4 is 5.32 Å². The highest BCUT2D eigenvalue weighted by molar-refractivity contribution is 5.76. The van der Waals surface area contributed by atoms with E-state index in [1.54, 1.807) is 6.08 Å². The second-order valence-corrected chi connectivity index (χ2v) is 23.2. The van der Waals surface area contributed by atoms with Crippen molar-refractivity contribution in [2.24, 2.45) is 0 Å². The van der Waals surface area contributed by atoms with Crippen LogP contribution in [0.5, 0.6) is 0 Å². The van der Waals surface area contributed by atoms with E-state index >= 15 is 0 Å². The molecule has 0 aromatic carbocycles. The molecule has 9 N–H and O–H groups in total. The van der Waals surface area contributed by atoms with E-state index < -0.39 is 86.8 Å². The molecule has 0 aliphatic carbocycles. The van der Waals surface area contributed by atoms with Gasteiger partial charge in [0.05, 0.1) is 32.0 Å². The maximum absolute atomic E-state index is 13.3. The van der Waals surface area contributed by atoms with Gasteiger partial charge < -0.3 is 65.1 Å². The molecule has 0 bridgehead atoms. The van der Waals surface area contributed by atoms with Crippen LogP contribution in [-0.2, 0) is 23.7 Å². The number of carbonyl (C=O) groups is 1. The fraction of sp³-hybridized carbons (Fsp3) is 0.685. The van der Waals surface area contributed by atoms with Crippen molar-refractivity contribution < 1.29 is 64.6 Å². The van der Waals surface area contributed by atoms with E-state index in [4.69, 9.17) is 18.9 Å². The summed E-state index contributed by atoms with van der Waals surface area (Å²) >= 11 is 0. The molecule has 12 unspecified atom stereocenters. The number of aliphatic hydroxyl groups excluding tert-OH is 8. The lowest BCUT2D eigenvalue weighted by molar-refractivity contribution is -0.359. The van der Waals surface area contributed by atoms with Crippen molar-refractivity contribution in [1.82, 2.24) is 5.32 Å². The van der Waals surface area contributed by atoms with E-state index in [9.17, 15) is 45.6 Å². The van der Waals surface area contributed by atoms with Gasteiger partial charge in [-0.3, -0.25) is 4.79 Å². The van der Waals surface area contributed by atoms with Gasteiger partial charge in [0.15, 0.2) is 12.6 Å². The highest BCUT2D eigenvalue weighted by Gasteiger charge is 2.51. The molecule has 1 amide bonds. The zero-order valence-electron chi connectivity index (χ0n) is 53.7. The van der Waals surface area contributed by atoms with E-state index in [1.165, 1.54) is 89.9 Å². The summed E-state index contributed by atoms with van der Waals surface area (Å²) in [5, 5.41) is 87.3. The Morgan fingerprint density at radius 2 is 0.805 bits per heavy atom. The number of rotatable bonds is 53. The lowest BCUT2D eigenvalue weighted by atomic mass is 9.97. The molecule has 2 rings (SSSR count). The maximum Gasteiger partial charge on any atom is 0.220 e. The zero-order valence-corrected chi connectivity index (χ0v) is 53.7. The number of nitrogens with one attached hydrogen (secondary N) is 1. The quantitative estimate of drug-likeness (QED) is 0.0204. The van der Waals surface area contributed by atoms with Gasteiger partial charge in [-0.2, -0.15) is 0 Å². The molecule has 12 atom stereocenters. The second kappa shape index (κ2) is 56.1. The minimum atomic E-state index is -1.80. The summed E-state index contributed by atoms with van der Waals surface area (Å²) in [5.41, 5.74) is 0. The molecular formula is C73H121NO13. The fourth-order valence-corrected chi connectivity index (χ4v) is 10.2. The van der Waals surface area contributed by atoms with Crippen molar-refractivity contribution in [1.29, 1.82) is 0 Å². The number of hydrogen-bond donors (Lipinski definition) is 9. The van der Waals surface area contributed by atoms with Gasteiger partial charge in [0.25, 0.3) is 0 Å². The predicted molar refractivity (Wildman–Crippen MR) is 355 cm³/mol. The molecule has 0 saturated carbocycles. The highest BCUT2D eigenvalue weighted by atomic mass is 16.7.